The molecular weight excluding hydrogens is 157 g/mol. The van der Waals surface area contributed by atoms with Crippen LogP contribution in [0.15, 0.2) is 24.3 Å². The lowest BCUT2D eigenvalue weighted by atomic mass is 10.3. The normalized spacial score (nSPS) is 12.6. The van der Waals surface area contributed by atoms with Gasteiger partial charge in [-0.3, -0.25) is 0 Å². The highest BCUT2D eigenvalue weighted by atomic mass is 19.1. The summed E-state index contributed by atoms with van der Waals surface area (Å²) in [7, 11) is 0. The highest BCUT2D eigenvalue weighted by Crippen LogP contribution is 2.10. The van der Waals surface area contributed by atoms with Crippen molar-refractivity contribution in [3.8, 4) is 5.75 Å². The molecule has 0 aromatic heterocycles. The Balaban J connectivity index is 2.48. The first-order valence-corrected chi connectivity index (χ1v) is 3.82. The number of halogens is 1. The summed E-state index contributed by atoms with van der Waals surface area (Å²) in [6.45, 7) is 2.30. The smallest absolute Gasteiger partial charge is 0.123 e. The van der Waals surface area contributed by atoms with E-state index < -0.39 is 0 Å². The first kappa shape index (κ1) is 9.00. The van der Waals surface area contributed by atoms with Gasteiger partial charge in [-0.25, -0.2) is 4.39 Å². The Hall–Kier alpha value is -1.09. The Bertz CT molecular complexity index is 233. The van der Waals surface area contributed by atoms with Crippen LogP contribution in [0.1, 0.15) is 6.92 Å². The summed E-state index contributed by atoms with van der Waals surface area (Å²) < 4.78 is 17.6. The molecule has 1 aromatic rings. The number of hydrogen-bond acceptors (Lipinski definition) is 2. The van der Waals surface area contributed by atoms with Crippen LogP contribution in [-0.2, 0) is 0 Å². The van der Waals surface area contributed by atoms with Crippen molar-refractivity contribution in [3.05, 3.63) is 30.1 Å². The van der Waals surface area contributed by atoms with Crippen LogP contribution in [0.2, 0.25) is 0 Å². The molecule has 0 radical (unpaired) electrons. The molecule has 1 unspecified atom stereocenters. The van der Waals surface area contributed by atoms with Gasteiger partial charge in [-0.05, 0) is 31.2 Å². The van der Waals surface area contributed by atoms with Crippen molar-refractivity contribution in [2.24, 2.45) is 5.73 Å². The van der Waals surface area contributed by atoms with Gasteiger partial charge in [0.05, 0.1) is 0 Å². The molecule has 1 rings (SSSR count). The summed E-state index contributed by atoms with van der Waals surface area (Å²) in [4.78, 5) is 0. The van der Waals surface area contributed by atoms with Crippen LogP contribution in [0.5, 0.6) is 5.75 Å². The quantitative estimate of drug-likeness (QED) is 0.745. The highest BCUT2D eigenvalue weighted by Gasteiger charge is 1.96. The van der Waals surface area contributed by atoms with Crippen molar-refractivity contribution in [2.75, 3.05) is 6.61 Å². The third-order valence-corrected chi connectivity index (χ3v) is 1.33. The Morgan fingerprint density at radius 3 is 2.50 bits per heavy atom. The molecule has 1 atom stereocenters. The SMILES string of the molecule is CC(N)COc1ccc(F)cc1. The maximum Gasteiger partial charge on any atom is 0.123 e. The van der Waals surface area contributed by atoms with E-state index in [-0.39, 0.29) is 11.9 Å². The van der Waals surface area contributed by atoms with Gasteiger partial charge in [-0.2, -0.15) is 0 Å². The number of ether oxygens (including phenoxy) is 1. The zero-order valence-electron chi connectivity index (χ0n) is 6.96. The number of benzene rings is 1. The molecule has 2 N–H and O–H groups in total. The van der Waals surface area contributed by atoms with Gasteiger partial charge in [0.2, 0.25) is 0 Å². The fourth-order valence-corrected chi connectivity index (χ4v) is 0.758. The fraction of sp³-hybridized carbons (Fsp3) is 0.333. The molecular formula is C9H12FNO. The summed E-state index contributed by atoms with van der Waals surface area (Å²) >= 11 is 0. The molecule has 0 aliphatic rings. The van der Waals surface area contributed by atoms with Gasteiger partial charge in [-0.1, -0.05) is 0 Å². The predicted octanol–water partition coefficient (Wildman–Crippen LogP) is 1.55. The van der Waals surface area contributed by atoms with Crippen molar-refractivity contribution in [3.63, 3.8) is 0 Å². The van der Waals surface area contributed by atoms with Crippen LogP contribution in [0.25, 0.3) is 0 Å². The first-order chi connectivity index (χ1) is 5.68. The van der Waals surface area contributed by atoms with E-state index >= 15 is 0 Å². The molecule has 0 heterocycles. The van der Waals surface area contributed by atoms with Crippen LogP contribution in [0, 0.1) is 5.82 Å². The maximum atomic E-state index is 12.4. The van der Waals surface area contributed by atoms with Crippen molar-refractivity contribution < 1.29 is 9.13 Å². The van der Waals surface area contributed by atoms with Crippen LogP contribution < -0.4 is 10.5 Å². The Labute approximate surface area is 71.1 Å². The van der Waals surface area contributed by atoms with E-state index in [1.165, 1.54) is 12.1 Å². The summed E-state index contributed by atoms with van der Waals surface area (Å²) in [5, 5.41) is 0. The molecule has 0 spiro atoms. The van der Waals surface area contributed by atoms with Crippen LogP contribution in [0.3, 0.4) is 0 Å². The minimum absolute atomic E-state index is 0.00458. The molecule has 3 heteroatoms. The fourth-order valence-electron chi connectivity index (χ4n) is 0.758. The van der Waals surface area contributed by atoms with Crippen molar-refractivity contribution in [1.29, 1.82) is 0 Å². The van der Waals surface area contributed by atoms with E-state index in [0.717, 1.165) is 0 Å². The second-order valence-corrected chi connectivity index (χ2v) is 2.74. The Morgan fingerprint density at radius 2 is 2.00 bits per heavy atom. The van der Waals surface area contributed by atoms with E-state index in [1.807, 2.05) is 6.92 Å². The molecule has 1 aromatic carbocycles. The lowest BCUT2D eigenvalue weighted by Gasteiger charge is -2.07. The molecule has 0 aliphatic heterocycles. The topological polar surface area (TPSA) is 35.2 Å². The second kappa shape index (κ2) is 4.07. The van der Waals surface area contributed by atoms with Gasteiger partial charge in [0, 0.05) is 6.04 Å². The van der Waals surface area contributed by atoms with Gasteiger partial charge in [-0.15, -0.1) is 0 Å². The van der Waals surface area contributed by atoms with E-state index in [1.54, 1.807) is 12.1 Å². The predicted molar refractivity (Wildman–Crippen MR) is 45.5 cm³/mol. The molecule has 0 saturated carbocycles. The first-order valence-electron chi connectivity index (χ1n) is 3.82. The van der Waals surface area contributed by atoms with Crippen molar-refractivity contribution in [2.45, 2.75) is 13.0 Å². The number of rotatable bonds is 3. The zero-order chi connectivity index (χ0) is 8.97. The lowest BCUT2D eigenvalue weighted by molar-refractivity contribution is 0.296. The number of hydrogen-bond donors (Lipinski definition) is 1. The monoisotopic (exact) mass is 169 g/mol. The van der Waals surface area contributed by atoms with E-state index in [4.69, 9.17) is 10.5 Å². The van der Waals surface area contributed by atoms with Gasteiger partial charge in [0.25, 0.3) is 0 Å². The molecule has 0 saturated heterocycles. The Morgan fingerprint density at radius 1 is 1.42 bits per heavy atom. The molecule has 0 amide bonds. The third-order valence-electron chi connectivity index (χ3n) is 1.33. The molecule has 0 bridgehead atoms. The standard InChI is InChI=1S/C9H12FNO/c1-7(11)6-12-9-4-2-8(10)3-5-9/h2-5,7H,6,11H2,1H3. The minimum Gasteiger partial charge on any atom is -0.492 e. The van der Waals surface area contributed by atoms with Gasteiger partial charge in [0.15, 0.2) is 0 Å². The van der Waals surface area contributed by atoms with E-state index in [0.29, 0.717) is 12.4 Å². The summed E-state index contributed by atoms with van der Waals surface area (Å²) in [5.41, 5.74) is 5.47. The van der Waals surface area contributed by atoms with Crippen LogP contribution >= 0.6 is 0 Å². The molecule has 0 fully saturated rings. The molecule has 66 valence electrons. The third kappa shape index (κ3) is 2.88. The zero-order valence-corrected chi connectivity index (χ0v) is 6.96. The highest BCUT2D eigenvalue weighted by molar-refractivity contribution is 5.21. The Kier molecular flexibility index (Phi) is 3.05. The largest absolute Gasteiger partial charge is 0.492 e. The van der Waals surface area contributed by atoms with Gasteiger partial charge >= 0.3 is 0 Å². The second-order valence-electron chi connectivity index (χ2n) is 2.74. The molecule has 0 aliphatic carbocycles. The summed E-state index contributed by atoms with van der Waals surface area (Å²) in [6.07, 6.45) is 0. The number of nitrogens with two attached hydrogens (primary N) is 1. The van der Waals surface area contributed by atoms with Crippen LogP contribution in [0.4, 0.5) is 4.39 Å². The summed E-state index contributed by atoms with van der Waals surface area (Å²) in [6, 6.07) is 5.87. The van der Waals surface area contributed by atoms with E-state index in [9.17, 15) is 4.39 Å². The summed E-state index contributed by atoms with van der Waals surface area (Å²) in [5.74, 6) is 0.386. The van der Waals surface area contributed by atoms with Gasteiger partial charge < -0.3 is 10.5 Å². The van der Waals surface area contributed by atoms with Crippen molar-refractivity contribution in [1.82, 2.24) is 0 Å². The average Bonchev–Trinajstić information content (AvgIpc) is 2.03. The van der Waals surface area contributed by atoms with E-state index in [2.05, 4.69) is 0 Å². The average molecular weight is 169 g/mol. The van der Waals surface area contributed by atoms with Crippen molar-refractivity contribution >= 4 is 0 Å². The van der Waals surface area contributed by atoms with Crippen LogP contribution in [-0.4, -0.2) is 12.6 Å². The van der Waals surface area contributed by atoms with Gasteiger partial charge in [0.1, 0.15) is 18.2 Å². The lowest BCUT2D eigenvalue weighted by Crippen LogP contribution is -2.23. The molecule has 12 heavy (non-hydrogen) atoms. The maximum absolute atomic E-state index is 12.4. The minimum atomic E-state index is -0.261. The molecule has 2 nitrogen and oxygen atoms in total.